The Balaban J connectivity index is 1.68. The second kappa shape index (κ2) is 5.21. The lowest BCUT2D eigenvalue weighted by molar-refractivity contribution is -0.142. The molecule has 1 saturated carbocycles. The Kier molecular flexibility index (Phi) is 3.42. The number of rotatable bonds is 3. The largest absolute Gasteiger partial charge is 0.481 e. The van der Waals surface area contributed by atoms with Crippen molar-refractivity contribution >= 4 is 33.1 Å². The molecule has 100 valence electrons. The van der Waals surface area contributed by atoms with Crippen LogP contribution in [-0.2, 0) is 4.79 Å². The average molecular weight is 275 g/mol. The number of benzene rings is 1. The number of anilines is 1. The van der Waals surface area contributed by atoms with Crippen molar-refractivity contribution in [3.05, 3.63) is 29.6 Å². The summed E-state index contributed by atoms with van der Waals surface area (Å²) in [6, 6.07) is 8.79. The minimum absolute atomic E-state index is 0.141. The molecular weight excluding hydrogens is 258 g/mol. The second-order valence-electron chi connectivity index (χ2n) is 5.18. The molecule has 0 spiro atoms. The Morgan fingerprint density at radius 2 is 1.95 bits per heavy atom. The lowest BCUT2D eigenvalue weighted by atomic mass is 9.86. The van der Waals surface area contributed by atoms with Gasteiger partial charge in [0.1, 0.15) is 0 Å². The topological polar surface area (TPSA) is 49.3 Å². The molecule has 0 atom stereocenters. The van der Waals surface area contributed by atoms with E-state index in [4.69, 9.17) is 5.11 Å². The summed E-state index contributed by atoms with van der Waals surface area (Å²) in [6.45, 7) is 0. The highest BCUT2D eigenvalue weighted by atomic mass is 32.1. The molecule has 1 aromatic carbocycles. The Labute approximate surface area is 116 Å². The van der Waals surface area contributed by atoms with Gasteiger partial charge in [0.15, 0.2) is 0 Å². The Morgan fingerprint density at radius 3 is 2.68 bits per heavy atom. The molecule has 0 radical (unpaired) electrons. The van der Waals surface area contributed by atoms with E-state index in [0.717, 1.165) is 25.7 Å². The number of nitrogens with one attached hydrogen (secondary N) is 1. The quantitative estimate of drug-likeness (QED) is 0.891. The standard InChI is InChI=1S/C15H17NO2S/c17-15(18)10-5-7-11(8-6-10)16-13-9-19-14-4-2-1-3-12(13)14/h1-4,9-11,16H,5-8H2,(H,17,18). The van der Waals surface area contributed by atoms with Crippen molar-refractivity contribution in [2.24, 2.45) is 5.92 Å². The van der Waals surface area contributed by atoms with E-state index in [-0.39, 0.29) is 5.92 Å². The van der Waals surface area contributed by atoms with E-state index in [1.165, 1.54) is 15.8 Å². The number of thiophene rings is 1. The first-order valence-electron chi connectivity index (χ1n) is 6.69. The first kappa shape index (κ1) is 12.5. The molecule has 1 fully saturated rings. The fourth-order valence-corrected chi connectivity index (χ4v) is 3.70. The first-order valence-corrected chi connectivity index (χ1v) is 7.57. The zero-order valence-electron chi connectivity index (χ0n) is 10.6. The van der Waals surface area contributed by atoms with Gasteiger partial charge < -0.3 is 10.4 Å². The SMILES string of the molecule is O=C(O)C1CCC(Nc2csc3ccccc23)CC1. The van der Waals surface area contributed by atoms with Crippen LogP contribution in [-0.4, -0.2) is 17.1 Å². The van der Waals surface area contributed by atoms with Crippen LogP contribution in [0.2, 0.25) is 0 Å². The maximum atomic E-state index is 10.9. The number of aliphatic carboxylic acids is 1. The Morgan fingerprint density at radius 1 is 1.21 bits per heavy atom. The molecule has 0 aliphatic heterocycles. The van der Waals surface area contributed by atoms with Gasteiger partial charge in [-0.15, -0.1) is 11.3 Å². The summed E-state index contributed by atoms with van der Waals surface area (Å²) >= 11 is 1.75. The molecule has 3 nitrogen and oxygen atoms in total. The molecular formula is C15H17NO2S. The summed E-state index contributed by atoms with van der Waals surface area (Å²) in [5.41, 5.74) is 1.19. The summed E-state index contributed by atoms with van der Waals surface area (Å²) in [6.07, 6.45) is 3.46. The van der Waals surface area contributed by atoms with Gasteiger partial charge in [0.2, 0.25) is 0 Å². The van der Waals surface area contributed by atoms with Crippen molar-refractivity contribution in [3.63, 3.8) is 0 Å². The van der Waals surface area contributed by atoms with Gasteiger partial charge in [-0.2, -0.15) is 0 Å². The van der Waals surface area contributed by atoms with Crippen molar-refractivity contribution in [1.82, 2.24) is 0 Å². The fraction of sp³-hybridized carbons (Fsp3) is 0.400. The lowest BCUT2D eigenvalue weighted by Crippen LogP contribution is -2.29. The summed E-state index contributed by atoms with van der Waals surface area (Å²) in [5.74, 6) is -0.781. The van der Waals surface area contributed by atoms with E-state index in [2.05, 4.69) is 35.0 Å². The molecule has 1 heterocycles. The maximum absolute atomic E-state index is 10.9. The van der Waals surface area contributed by atoms with Gasteiger partial charge in [-0.1, -0.05) is 18.2 Å². The van der Waals surface area contributed by atoms with Gasteiger partial charge in [0.25, 0.3) is 0 Å². The van der Waals surface area contributed by atoms with Crippen molar-refractivity contribution in [2.75, 3.05) is 5.32 Å². The predicted octanol–water partition coefficient (Wildman–Crippen LogP) is 3.96. The lowest BCUT2D eigenvalue weighted by Gasteiger charge is -2.27. The monoisotopic (exact) mass is 275 g/mol. The molecule has 1 aliphatic carbocycles. The van der Waals surface area contributed by atoms with Gasteiger partial charge in [-0.3, -0.25) is 4.79 Å². The molecule has 3 rings (SSSR count). The van der Waals surface area contributed by atoms with E-state index < -0.39 is 5.97 Å². The molecule has 19 heavy (non-hydrogen) atoms. The zero-order chi connectivity index (χ0) is 13.2. The van der Waals surface area contributed by atoms with Gasteiger partial charge in [-0.05, 0) is 31.7 Å². The Hall–Kier alpha value is -1.55. The van der Waals surface area contributed by atoms with E-state index >= 15 is 0 Å². The van der Waals surface area contributed by atoms with Gasteiger partial charge in [-0.25, -0.2) is 0 Å². The Bertz CT molecular complexity index is 585. The molecule has 0 amide bonds. The highest BCUT2D eigenvalue weighted by Gasteiger charge is 2.26. The fourth-order valence-electron chi connectivity index (χ4n) is 2.79. The van der Waals surface area contributed by atoms with E-state index in [1.54, 1.807) is 11.3 Å². The average Bonchev–Trinajstić information content (AvgIpc) is 2.83. The van der Waals surface area contributed by atoms with Crippen LogP contribution in [0.4, 0.5) is 5.69 Å². The van der Waals surface area contributed by atoms with Crippen LogP contribution in [0.1, 0.15) is 25.7 Å². The summed E-state index contributed by atoms with van der Waals surface area (Å²) in [7, 11) is 0. The molecule has 0 saturated heterocycles. The number of hydrogen-bond donors (Lipinski definition) is 2. The summed E-state index contributed by atoms with van der Waals surface area (Å²) in [5, 5.41) is 16.0. The van der Waals surface area contributed by atoms with Crippen molar-refractivity contribution in [2.45, 2.75) is 31.7 Å². The van der Waals surface area contributed by atoms with E-state index in [9.17, 15) is 4.79 Å². The number of carbonyl (C=O) groups is 1. The van der Waals surface area contributed by atoms with E-state index in [1.807, 2.05) is 0 Å². The molecule has 4 heteroatoms. The minimum Gasteiger partial charge on any atom is -0.481 e. The zero-order valence-corrected chi connectivity index (χ0v) is 11.5. The number of carboxylic acids is 1. The molecule has 0 unspecified atom stereocenters. The van der Waals surface area contributed by atoms with Crippen LogP contribution in [0.5, 0.6) is 0 Å². The summed E-state index contributed by atoms with van der Waals surface area (Å²) < 4.78 is 1.30. The predicted molar refractivity (Wildman–Crippen MR) is 78.8 cm³/mol. The molecule has 1 aromatic heterocycles. The number of fused-ring (bicyclic) bond motifs is 1. The highest BCUT2D eigenvalue weighted by molar-refractivity contribution is 7.17. The third-order valence-electron chi connectivity index (χ3n) is 3.92. The molecule has 0 bridgehead atoms. The van der Waals surface area contributed by atoms with Crippen LogP contribution >= 0.6 is 11.3 Å². The number of hydrogen-bond acceptors (Lipinski definition) is 3. The van der Waals surface area contributed by atoms with E-state index in [0.29, 0.717) is 6.04 Å². The van der Waals surface area contributed by atoms with Crippen LogP contribution in [0.3, 0.4) is 0 Å². The smallest absolute Gasteiger partial charge is 0.306 e. The third kappa shape index (κ3) is 2.59. The van der Waals surface area contributed by atoms with Gasteiger partial charge >= 0.3 is 5.97 Å². The van der Waals surface area contributed by atoms with Crippen molar-refractivity contribution in [1.29, 1.82) is 0 Å². The van der Waals surface area contributed by atoms with Crippen LogP contribution < -0.4 is 5.32 Å². The first-order chi connectivity index (χ1) is 9.24. The van der Waals surface area contributed by atoms with Crippen molar-refractivity contribution < 1.29 is 9.90 Å². The van der Waals surface area contributed by atoms with Crippen molar-refractivity contribution in [3.8, 4) is 0 Å². The molecule has 2 aromatic rings. The van der Waals surface area contributed by atoms with Gasteiger partial charge in [0, 0.05) is 21.5 Å². The normalized spacial score (nSPS) is 23.4. The maximum Gasteiger partial charge on any atom is 0.306 e. The summed E-state index contributed by atoms with van der Waals surface area (Å²) in [4.78, 5) is 10.9. The van der Waals surface area contributed by atoms with Crippen LogP contribution in [0.25, 0.3) is 10.1 Å². The third-order valence-corrected chi connectivity index (χ3v) is 4.88. The molecule has 1 aliphatic rings. The second-order valence-corrected chi connectivity index (χ2v) is 6.09. The van der Waals surface area contributed by atoms with Gasteiger partial charge in [0.05, 0.1) is 11.6 Å². The number of carboxylic acid groups (broad SMARTS) is 1. The highest BCUT2D eigenvalue weighted by Crippen LogP contribution is 2.33. The molecule has 2 N–H and O–H groups in total. The minimum atomic E-state index is -0.639. The van der Waals surface area contributed by atoms with Crippen LogP contribution in [0.15, 0.2) is 29.6 Å². The van der Waals surface area contributed by atoms with Crippen LogP contribution in [0, 0.1) is 5.92 Å².